The van der Waals surface area contributed by atoms with Crippen LogP contribution in [-0.4, -0.2) is 39.4 Å². The molecule has 31 heavy (non-hydrogen) atoms. The molecule has 4 aromatic rings. The Hall–Kier alpha value is -3.39. The average molecular weight is 437 g/mol. The molecule has 1 N–H and O–H groups in total. The number of hydrogen-bond donors (Lipinski definition) is 1. The Morgan fingerprint density at radius 2 is 2.03 bits per heavy atom. The molecule has 8 heteroatoms. The third kappa shape index (κ3) is 4.69. The minimum atomic E-state index is -0.165. The van der Waals surface area contributed by atoms with Crippen molar-refractivity contribution in [1.82, 2.24) is 14.5 Å². The van der Waals surface area contributed by atoms with E-state index in [0.29, 0.717) is 36.9 Å². The summed E-state index contributed by atoms with van der Waals surface area (Å²) in [7, 11) is 0. The largest absolute Gasteiger partial charge is 0.444 e. The molecule has 0 aliphatic heterocycles. The predicted octanol–water partition coefficient (Wildman–Crippen LogP) is 4.41. The van der Waals surface area contributed by atoms with Crippen molar-refractivity contribution in [2.24, 2.45) is 0 Å². The van der Waals surface area contributed by atoms with Gasteiger partial charge in [-0.25, -0.2) is 4.98 Å². The van der Waals surface area contributed by atoms with Gasteiger partial charge in [0.2, 0.25) is 17.7 Å². The van der Waals surface area contributed by atoms with Crippen LogP contribution in [0.1, 0.15) is 19.5 Å². The fraction of sp³-hybridized carbons (Fsp3) is 0.261. The maximum Gasteiger partial charge on any atom is 0.242 e. The van der Waals surface area contributed by atoms with Gasteiger partial charge < -0.3 is 19.2 Å². The van der Waals surface area contributed by atoms with Crippen molar-refractivity contribution >= 4 is 39.7 Å². The molecule has 3 heterocycles. The minimum absolute atomic E-state index is 0.0920. The van der Waals surface area contributed by atoms with Crippen LogP contribution in [-0.2, 0) is 22.6 Å². The van der Waals surface area contributed by atoms with Gasteiger partial charge in [-0.1, -0.05) is 6.07 Å². The lowest BCUT2D eigenvalue weighted by atomic mass is 10.2. The van der Waals surface area contributed by atoms with Crippen molar-refractivity contribution in [2.75, 3.05) is 18.4 Å². The van der Waals surface area contributed by atoms with Crippen LogP contribution in [0.5, 0.6) is 0 Å². The topological polar surface area (TPSA) is 80.4 Å². The van der Waals surface area contributed by atoms with E-state index in [1.165, 1.54) is 17.6 Å². The molecule has 7 nitrogen and oxygen atoms in total. The third-order valence-corrected chi connectivity index (χ3v) is 5.96. The molecular formula is C23H24N4O3S. The number of nitrogens with zero attached hydrogens (tertiary/aromatic N) is 3. The summed E-state index contributed by atoms with van der Waals surface area (Å²) in [5.74, 6) is 0.454. The van der Waals surface area contributed by atoms with Crippen LogP contribution >= 0.6 is 11.3 Å². The van der Waals surface area contributed by atoms with Crippen LogP contribution in [0, 0.1) is 0 Å². The molecule has 0 bridgehead atoms. The molecule has 2 amide bonds. The number of thiophene rings is 1. The Kier molecular flexibility index (Phi) is 6.18. The summed E-state index contributed by atoms with van der Waals surface area (Å²) in [6.45, 7) is 5.66. The first kappa shape index (κ1) is 20.9. The third-order valence-electron chi connectivity index (χ3n) is 5.10. The van der Waals surface area contributed by atoms with Gasteiger partial charge in [0.05, 0.1) is 17.0 Å². The quantitative estimate of drug-likeness (QED) is 0.444. The highest BCUT2D eigenvalue weighted by molar-refractivity contribution is 7.13. The maximum absolute atomic E-state index is 12.5. The van der Waals surface area contributed by atoms with Crippen LogP contribution in [0.3, 0.4) is 0 Å². The van der Waals surface area contributed by atoms with E-state index in [-0.39, 0.29) is 18.2 Å². The zero-order valence-corrected chi connectivity index (χ0v) is 18.3. The minimum Gasteiger partial charge on any atom is -0.444 e. The maximum atomic E-state index is 12.5. The van der Waals surface area contributed by atoms with Gasteiger partial charge in [0.15, 0.2) is 0 Å². The molecule has 0 fully saturated rings. The molecule has 0 saturated heterocycles. The van der Waals surface area contributed by atoms with E-state index in [2.05, 4.69) is 10.3 Å². The van der Waals surface area contributed by atoms with Crippen LogP contribution < -0.4 is 5.32 Å². The van der Waals surface area contributed by atoms with Gasteiger partial charge in [-0.15, -0.1) is 11.3 Å². The summed E-state index contributed by atoms with van der Waals surface area (Å²) in [5, 5.41) is 5.83. The number of fused-ring (bicyclic) bond motifs is 1. The molecule has 0 unspecified atom stereocenters. The van der Waals surface area contributed by atoms with Gasteiger partial charge in [0.25, 0.3) is 0 Å². The molecular weight excluding hydrogens is 412 g/mol. The van der Waals surface area contributed by atoms with Crippen molar-refractivity contribution in [3.63, 3.8) is 0 Å². The van der Waals surface area contributed by atoms with E-state index in [1.807, 2.05) is 71.3 Å². The van der Waals surface area contributed by atoms with Crippen LogP contribution in [0.25, 0.3) is 21.7 Å². The smallest absolute Gasteiger partial charge is 0.242 e. The highest BCUT2D eigenvalue weighted by Crippen LogP contribution is 2.24. The summed E-state index contributed by atoms with van der Waals surface area (Å²) >= 11 is 1.54. The second-order valence-electron chi connectivity index (χ2n) is 7.13. The number of anilines is 1. The molecule has 0 spiro atoms. The molecule has 1 aromatic carbocycles. The summed E-state index contributed by atoms with van der Waals surface area (Å²) < 4.78 is 7.40. The normalized spacial score (nSPS) is 11.0. The van der Waals surface area contributed by atoms with Crippen molar-refractivity contribution in [3.05, 3.63) is 59.9 Å². The van der Waals surface area contributed by atoms with Crippen molar-refractivity contribution in [3.8, 4) is 10.8 Å². The number of rotatable bonds is 8. The Morgan fingerprint density at radius 3 is 2.77 bits per heavy atom. The van der Waals surface area contributed by atoms with Crippen LogP contribution in [0.15, 0.2) is 58.7 Å². The number of carbonyl (C=O) groups excluding carboxylic acids is 2. The van der Waals surface area contributed by atoms with Gasteiger partial charge >= 0.3 is 0 Å². The van der Waals surface area contributed by atoms with E-state index >= 15 is 0 Å². The number of aromatic nitrogens is 2. The van der Waals surface area contributed by atoms with Crippen molar-refractivity contribution < 1.29 is 14.0 Å². The van der Waals surface area contributed by atoms with Gasteiger partial charge in [0.1, 0.15) is 12.8 Å². The second-order valence-corrected chi connectivity index (χ2v) is 8.08. The molecule has 160 valence electrons. The lowest BCUT2D eigenvalue weighted by Gasteiger charge is -2.19. The fourth-order valence-electron chi connectivity index (χ4n) is 3.51. The summed E-state index contributed by atoms with van der Waals surface area (Å²) in [6, 6.07) is 11.5. The SMILES string of the molecule is CCN(CC)C(=O)Cn1ccc2cc(NC(=O)Cc3coc(-c4cccs4)n3)ccc21. The standard InChI is InChI=1S/C23H24N4O3S/c1-3-26(4-2)22(29)14-27-10-9-16-12-17(7-8-19(16)27)24-21(28)13-18-15-30-23(25-18)20-6-5-11-31-20/h5-12,15H,3-4,13-14H2,1-2H3,(H,24,28). The number of nitrogens with one attached hydrogen (secondary N) is 1. The average Bonchev–Trinajstić information content (AvgIpc) is 3.50. The molecule has 3 aromatic heterocycles. The highest BCUT2D eigenvalue weighted by atomic mass is 32.1. The van der Waals surface area contributed by atoms with Crippen LogP contribution in [0.4, 0.5) is 5.69 Å². The highest BCUT2D eigenvalue weighted by Gasteiger charge is 2.14. The molecule has 4 rings (SSSR count). The Morgan fingerprint density at radius 1 is 1.19 bits per heavy atom. The first-order valence-corrected chi connectivity index (χ1v) is 11.1. The first-order valence-electron chi connectivity index (χ1n) is 10.2. The van der Waals surface area contributed by atoms with Gasteiger partial charge in [-0.3, -0.25) is 9.59 Å². The Bertz CT molecular complexity index is 1190. The molecule has 0 atom stereocenters. The number of benzene rings is 1. The molecule has 0 saturated carbocycles. The van der Waals surface area contributed by atoms with Gasteiger partial charge in [-0.05, 0) is 49.6 Å². The molecule has 0 radical (unpaired) electrons. The van der Waals surface area contributed by atoms with Crippen molar-refractivity contribution in [1.29, 1.82) is 0 Å². The number of likely N-dealkylation sites (N-methyl/N-ethyl adjacent to an activating group) is 1. The zero-order chi connectivity index (χ0) is 21.8. The number of carbonyl (C=O) groups is 2. The van der Waals surface area contributed by atoms with Gasteiger partial charge in [-0.2, -0.15) is 0 Å². The zero-order valence-electron chi connectivity index (χ0n) is 17.5. The molecule has 0 aliphatic rings. The number of oxazole rings is 1. The second kappa shape index (κ2) is 9.18. The monoisotopic (exact) mass is 436 g/mol. The van der Waals surface area contributed by atoms with Crippen molar-refractivity contribution in [2.45, 2.75) is 26.8 Å². The summed E-state index contributed by atoms with van der Waals surface area (Å²) in [6.07, 6.45) is 3.55. The van der Waals surface area contributed by atoms with E-state index in [4.69, 9.17) is 4.42 Å². The predicted molar refractivity (Wildman–Crippen MR) is 122 cm³/mol. The van der Waals surface area contributed by atoms with Crippen LogP contribution in [0.2, 0.25) is 0 Å². The Balaban J connectivity index is 1.41. The van der Waals surface area contributed by atoms with E-state index in [0.717, 1.165) is 15.8 Å². The number of hydrogen-bond acceptors (Lipinski definition) is 5. The van der Waals surface area contributed by atoms with E-state index in [9.17, 15) is 9.59 Å². The number of amides is 2. The fourth-order valence-corrected chi connectivity index (χ4v) is 4.16. The Labute approximate surface area is 184 Å². The van der Waals surface area contributed by atoms with E-state index in [1.54, 1.807) is 0 Å². The van der Waals surface area contributed by atoms with Gasteiger partial charge in [0, 0.05) is 35.9 Å². The summed E-state index contributed by atoms with van der Waals surface area (Å²) in [5.41, 5.74) is 2.24. The lowest BCUT2D eigenvalue weighted by Crippen LogP contribution is -2.33. The molecule has 0 aliphatic carbocycles. The summed E-state index contributed by atoms with van der Waals surface area (Å²) in [4.78, 5) is 32.0. The first-order chi connectivity index (χ1) is 15.1. The van der Waals surface area contributed by atoms with E-state index < -0.39 is 0 Å². The lowest BCUT2D eigenvalue weighted by molar-refractivity contribution is -0.131.